The molecule has 0 saturated heterocycles. The summed E-state index contributed by atoms with van der Waals surface area (Å²) < 4.78 is 21.5. The summed E-state index contributed by atoms with van der Waals surface area (Å²) in [5.41, 5.74) is 5.54. The van der Waals surface area contributed by atoms with Gasteiger partial charge in [0.25, 0.3) is 0 Å². The minimum atomic E-state index is -0.667. The Morgan fingerprint density at radius 1 is 0.400 bits per heavy atom. The van der Waals surface area contributed by atoms with Crippen LogP contribution in [0.15, 0.2) is 134 Å². The van der Waals surface area contributed by atoms with Gasteiger partial charge in [0.1, 0.15) is 0 Å². The quantitative estimate of drug-likeness (QED) is 0.0720. The summed E-state index contributed by atoms with van der Waals surface area (Å²) in [7, 11) is 0. The molecule has 0 heterocycles. The van der Waals surface area contributed by atoms with Crippen molar-refractivity contribution < 1.29 is 38.1 Å². The molecule has 50 heavy (non-hydrogen) atoms. The Morgan fingerprint density at radius 2 is 0.700 bits per heavy atom. The van der Waals surface area contributed by atoms with Crippen molar-refractivity contribution in [2.45, 2.75) is 27.7 Å². The molecule has 0 spiro atoms. The molecule has 0 aromatic heterocycles. The first-order valence-electron chi connectivity index (χ1n) is 15.2. The molecule has 4 aromatic rings. The number of ether oxygens (including phenoxy) is 4. The summed E-state index contributed by atoms with van der Waals surface area (Å²) in [6.07, 6.45) is 0. The Labute approximate surface area is 291 Å². The lowest BCUT2D eigenvalue weighted by molar-refractivity contribution is -0.132. The SMILES string of the molecule is C=C(C)C(=O)Oc1ccc(C#Cc2ccc(-c3ccc(-c4ccc(OC(=O)C(=C)C)c(OC(=O)C(=C)C)c4)cc3)cc2)cc1OC(=O)C(=C)C. The number of hydrogen-bond donors (Lipinski definition) is 0. The molecule has 0 amide bonds. The Hall–Kier alpha value is -6.72. The van der Waals surface area contributed by atoms with Crippen LogP contribution in [0, 0.1) is 11.8 Å². The van der Waals surface area contributed by atoms with Gasteiger partial charge in [-0.1, -0.05) is 80.6 Å². The fraction of sp³-hybridized carbons (Fsp3) is 0.0952. The monoisotopic (exact) mass is 666 g/mol. The van der Waals surface area contributed by atoms with Crippen LogP contribution in [-0.2, 0) is 19.2 Å². The number of esters is 4. The van der Waals surface area contributed by atoms with Crippen LogP contribution in [0.5, 0.6) is 23.0 Å². The number of benzene rings is 4. The molecule has 0 aliphatic carbocycles. The largest absolute Gasteiger partial charge is 0.419 e. The normalized spacial score (nSPS) is 10.1. The average Bonchev–Trinajstić information content (AvgIpc) is 3.09. The molecule has 0 saturated carbocycles. The molecule has 4 aromatic carbocycles. The van der Waals surface area contributed by atoms with Gasteiger partial charge in [-0.2, -0.15) is 0 Å². The maximum atomic E-state index is 12.3. The van der Waals surface area contributed by atoms with Gasteiger partial charge in [-0.25, -0.2) is 19.2 Å². The third kappa shape index (κ3) is 9.43. The predicted octanol–water partition coefficient (Wildman–Crippen LogP) is 8.35. The van der Waals surface area contributed by atoms with E-state index in [1.807, 2.05) is 48.5 Å². The Kier molecular flexibility index (Phi) is 11.5. The van der Waals surface area contributed by atoms with E-state index in [-0.39, 0.29) is 45.3 Å². The summed E-state index contributed by atoms with van der Waals surface area (Å²) in [5, 5.41) is 0. The van der Waals surface area contributed by atoms with Gasteiger partial charge >= 0.3 is 23.9 Å². The van der Waals surface area contributed by atoms with Gasteiger partial charge in [-0.3, -0.25) is 0 Å². The highest BCUT2D eigenvalue weighted by Crippen LogP contribution is 2.35. The fourth-order valence-electron chi connectivity index (χ4n) is 4.10. The van der Waals surface area contributed by atoms with E-state index in [1.54, 1.807) is 24.3 Å². The van der Waals surface area contributed by atoms with E-state index in [4.69, 9.17) is 18.9 Å². The highest BCUT2D eigenvalue weighted by molar-refractivity contribution is 5.92. The van der Waals surface area contributed by atoms with Gasteiger partial charge in [0.05, 0.1) is 0 Å². The zero-order valence-corrected chi connectivity index (χ0v) is 28.2. The van der Waals surface area contributed by atoms with E-state index in [1.165, 1.54) is 39.8 Å². The third-order valence-corrected chi connectivity index (χ3v) is 6.88. The standard InChI is InChI=1S/C42H34O8/c1-25(2)39(43)47-35-21-13-30(23-37(35)49-41(45)27(5)6)10-9-29-11-14-31(15-12-29)32-16-18-33(19-17-32)34-20-22-36(48-40(44)26(3)4)38(24-34)50-42(46)28(7)8/h11-24H,1,3,5,7H2,2,4,6,8H3. The van der Waals surface area contributed by atoms with E-state index in [2.05, 4.69) is 38.2 Å². The molecule has 0 fully saturated rings. The van der Waals surface area contributed by atoms with E-state index in [0.29, 0.717) is 5.56 Å². The van der Waals surface area contributed by atoms with Gasteiger partial charge < -0.3 is 18.9 Å². The van der Waals surface area contributed by atoms with Gasteiger partial charge in [-0.15, -0.1) is 0 Å². The molecule has 4 rings (SSSR count). The highest BCUT2D eigenvalue weighted by Gasteiger charge is 2.17. The van der Waals surface area contributed by atoms with Crippen LogP contribution in [0.3, 0.4) is 0 Å². The first-order chi connectivity index (χ1) is 23.7. The molecule has 0 N–H and O–H groups in total. The molecule has 0 aliphatic heterocycles. The van der Waals surface area contributed by atoms with Crippen LogP contribution in [0.1, 0.15) is 38.8 Å². The van der Waals surface area contributed by atoms with Crippen molar-refractivity contribution in [2.75, 3.05) is 0 Å². The second-order valence-electron chi connectivity index (χ2n) is 11.4. The van der Waals surface area contributed by atoms with Crippen molar-refractivity contribution >= 4 is 23.9 Å². The Balaban J connectivity index is 1.53. The smallest absolute Gasteiger partial charge is 0.338 e. The second-order valence-corrected chi connectivity index (χ2v) is 11.4. The molecule has 8 nitrogen and oxygen atoms in total. The maximum absolute atomic E-state index is 12.3. The van der Waals surface area contributed by atoms with Gasteiger partial charge in [-0.05, 0) is 86.3 Å². The van der Waals surface area contributed by atoms with Crippen LogP contribution >= 0.6 is 0 Å². The highest BCUT2D eigenvalue weighted by atomic mass is 16.6. The van der Waals surface area contributed by atoms with Crippen LogP contribution in [0.2, 0.25) is 0 Å². The first-order valence-corrected chi connectivity index (χ1v) is 15.2. The molecule has 8 heteroatoms. The van der Waals surface area contributed by atoms with Crippen LogP contribution in [0.4, 0.5) is 0 Å². The maximum Gasteiger partial charge on any atom is 0.338 e. The van der Waals surface area contributed by atoms with E-state index >= 15 is 0 Å². The average molecular weight is 667 g/mol. The van der Waals surface area contributed by atoms with Crippen molar-refractivity contribution in [2.24, 2.45) is 0 Å². The van der Waals surface area contributed by atoms with Crippen LogP contribution in [-0.4, -0.2) is 23.9 Å². The molecule has 0 unspecified atom stereocenters. The number of rotatable bonds is 10. The minimum Gasteiger partial charge on any atom is -0.419 e. The molecule has 0 radical (unpaired) electrons. The van der Waals surface area contributed by atoms with E-state index in [9.17, 15) is 19.2 Å². The zero-order valence-electron chi connectivity index (χ0n) is 28.2. The molecular formula is C42H34O8. The third-order valence-electron chi connectivity index (χ3n) is 6.88. The minimum absolute atomic E-state index is 0.0319. The Morgan fingerprint density at radius 3 is 1.14 bits per heavy atom. The second kappa shape index (κ2) is 15.9. The number of carbonyl (C=O) groups is 4. The number of carbonyl (C=O) groups excluding carboxylic acids is 4. The van der Waals surface area contributed by atoms with Crippen molar-refractivity contribution in [1.82, 2.24) is 0 Å². The summed E-state index contributed by atoms with van der Waals surface area (Å²) in [5.74, 6) is 3.79. The van der Waals surface area contributed by atoms with Crippen molar-refractivity contribution in [1.29, 1.82) is 0 Å². The summed E-state index contributed by atoms with van der Waals surface area (Å²) in [6.45, 7) is 20.4. The lowest BCUT2D eigenvalue weighted by Crippen LogP contribution is -2.12. The molecular weight excluding hydrogens is 632 g/mol. The van der Waals surface area contributed by atoms with Gasteiger partial charge in [0.15, 0.2) is 23.0 Å². The van der Waals surface area contributed by atoms with E-state index in [0.717, 1.165) is 27.8 Å². The fourth-order valence-corrected chi connectivity index (χ4v) is 4.10. The van der Waals surface area contributed by atoms with Crippen molar-refractivity contribution in [3.05, 3.63) is 145 Å². The predicted molar refractivity (Wildman–Crippen MR) is 192 cm³/mol. The molecule has 0 bridgehead atoms. The topological polar surface area (TPSA) is 105 Å². The zero-order chi connectivity index (χ0) is 36.5. The van der Waals surface area contributed by atoms with E-state index < -0.39 is 23.9 Å². The number of hydrogen-bond acceptors (Lipinski definition) is 8. The van der Waals surface area contributed by atoms with Gasteiger partial charge in [0.2, 0.25) is 0 Å². The van der Waals surface area contributed by atoms with Crippen LogP contribution in [0.25, 0.3) is 22.3 Å². The first kappa shape index (κ1) is 36.1. The molecule has 0 aliphatic rings. The van der Waals surface area contributed by atoms with Gasteiger partial charge in [0, 0.05) is 39.5 Å². The summed E-state index contributed by atoms with van der Waals surface area (Å²) in [4.78, 5) is 48.7. The van der Waals surface area contributed by atoms with Crippen molar-refractivity contribution in [3.63, 3.8) is 0 Å². The van der Waals surface area contributed by atoms with Crippen LogP contribution < -0.4 is 18.9 Å². The lowest BCUT2D eigenvalue weighted by Gasteiger charge is -2.13. The van der Waals surface area contributed by atoms with Crippen molar-refractivity contribution in [3.8, 4) is 57.1 Å². The lowest BCUT2D eigenvalue weighted by atomic mass is 9.99. The summed E-state index contributed by atoms with van der Waals surface area (Å²) >= 11 is 0. The summed E-state index contributed by atoms with van der Waals surface area (Å²) in [6, 6.07) is 25.0. The molecule has 0 atom stereocenters. The Bertz CT molecular complexity index is 2120. The molecule has 250 valence electrons.